The van der Waals surface area contributed by atoms with Crippen LogP contribution in [0, 0.1) is 11.3 Å². The number of hydrogen-bond acceptors (Lipinski definition) is 3. The number of amides is 1. The van der Waals surface area contributed by atoms with E-state index in [4.69, 9.17) is 5.26 Å². The van der Waals surface area contributed by atoms with Crippen molar-refractivity contribution in [3.05, 3.63) is 28.7 Å². The van der Waals surface area contributed by atoms with Gasteiger partial charge in [0.15, 0.2) is 0 Å². The molecular weight excluding hydrogens is 306 g/mol. The van der Waals surface area contributed by atoms with Crippen LogP contribution in [0.25, 0.3) is 0 Å². The molecule has 0 bridgehead atoms. The average Bonchev–Trinajstić information content (AvgIpc) is 2.38. The van der Waals surface area contributed by atoms with Crippen molar-refractivity contribution < 1.29 is 4.79 Å². The molecule has 2 atom stereocenters. The van der Waals surface area contributed by atoms with Crippen LogP contribution in [0.3, 0.4) is 0 Å². The first-order valence-electron chi connectivity index (χ1n) is 6.20. The number of likely N-dealkylation sites (N-methyl/N-ethyl adjacent to an activating group) is 1. The molecule has 2 rings (SSSR count). The highest BCUT2D eigenvalue weighted by Crippen LogP contribution is 2.27. The van der Waals surface area contributed by atoms with E-state index >= 15 is 0 Å². The Labute approximate surface area is 121 Å². The zero-order valence-corrected chi connectivity index (χ0v) is 12.6. The number of anilines is 1. The molecule has 1 aromatic carbocycles. The van der Waals surface area contributed by atoms with Crippen LogP contribution < -0.4 is 4.90 Å². The molecule has 1 amide bonds. The van der Waals surface area contributed by atoms with Crippen LogP contribution in [-0.4, -0.2) is 36.5 Å². The number of rotatable bonds is 2. The second kappa shape index (κ2) is 5.62. The molecule has 1 saturated heterocycles. The second-order valence-electron chi connectivity index (χ2n) is 4.83. The maximum Gasteiger partial charge on any atom is 0.246 e. The Bertz CT molecular complexity index is 508. The van der Waals surface area contributed by atoms with Crippen LogP contribution in [0.5, 0.6) is 0 Å². The van der Waals surface area contributed by atoms with Crippen LogP contribution >= 0.6 is 15.9 Å². The highest BCUT2D eigenvalue weighted by molar-refractivity contribution is 9.10. The van der Waals surface area contributed by atoms with Gasteiger partial charge in [-0.3, -0.25) is 4.79 Å². The molecule has 0 spiro atoms. The van der Waals surface area contributed by atoms with E-state index in [2.05, 4.69) is 33.8 Å². The molecule has 0 aliphatic carbocycles. The minimum absolute atomic E-state index is 0.0163. The molecule has 0 radical (unpaired) electrons. The third-order valence-electron chi connectivity index (χ3n) is 3.42. The summed E-state index contributed by atoms with van der Waals surface area (Å²) < 4.78 is 1.00. The van der Waals surface area contributed by atoms with E-state index in [1.165, 1.54) is 0 Å². The standard InChI is InChI=1S/C14H16BrN3O/c1-10-9-17(2)14(19)13(7-8-16)18(10)12-5-3-11(15)4-6-12/h3-6,10,13H,7,9H2,1-2H3. The van der Waals surface area contributed by atoms with E-state index in [1.807, 2.05) is 24.3 Å². The van der Waals surface area contributed by atoms with Crippen LogP contribution in [0.4, 0.5) is 5.69 Å². The molecule has 1 heterocycles. The lowest BCUT2D eigenvalue weighted by atomic mass is 10.0. The van der Waals surface area contributed by atoms with Crippen molar-refractivity contribution in [3.63, 3.8) is 0 Å². The van der Waals surface area contributed by atoms with Crippen molar-refractivity contribution in [1.82, 2.24) is 4.90 Å². The fourth-order valence-electron chi connectivity index (χ4n) is 2.57. The molecule has 19 heavy (non-hydrogen) atoms. The van der Waals surface area contributed by atoms with Gasteiger partial charge in [-0.2, -0.15) is 5.26 Å². The van der Waals surface area contributed by atoms with E-state index in [0.29, 0.717) is 6.54 Å². The number of hydrogen-bond donors (Lipinski definition) is 0. The highest BCUT2D eigenvalue weighted by atomic mass is 79.9. The number of nitriles is 1. The Kier molecular flexibility index (Phi) is 4.11. The lowest BCUT2D eigenvalue weighted by Gasteiger charge is -2.44. The molecule has 1 aliphatic heterocycles. The summed E-state index contributed by atoms with van der Waals surface area (Å²) in [7, 11) is 1.79. The maximum absolute atomic E-state index is 12.2. The van der Waals surface area contributed by atoms with Crippen LogP contribution in [-0.2, 0) is 4.79 Å². The third kappa shape index (κ3) is 2.74. The predicted octanol–water partition coefficient (Wildman–Crippen LogP) is 2.40. The lowest BCUT2D eigenvalue weighted by molar-refractivity contribution is -0.133. The molecule has 5 heteroatoms. The minimum Gasteiger partial charge on any atom is -0.354 e. The fourth-order valence-corrected chi connectivity index (χ4v) is 2.84. The molecule has 1 fully saturated rings. The van der Waals surface area contributed by atoms with Crippen molar-refractivity contribution in [2.75, 3.05) is 18.5 Å². The molecule has 1 aromatic rings. The molecular formula is C14H16BrN3O. The molecule has 0 N–H and O–H groups in total. The fraction of sp³-hybridized carbons (Fsp3) is 0.429. The van der Waals surface area contributed by atoms with Crippen LogP contribution in [0.1, 0.15) is 13.3 Å². The van der Waals surface area contributed by atoms with Crippen molar-refractivity contribution in [3.8, 4) is 6.07 Å². The molecule has 0 aromatic heterocycles. The molecule has 1 aliphatic rings. The lowest BCUT2D eigenvalue weighted by Crippen LogP contribution is -2.60. The second-order valence-corrected chi connectivity index (χ2v) is 5.75. The Balaban J connectivity index is 2.36. The van der Waals surface area contributed by atoms with Crippen molar-refractivity contribution in [2.24, 2.45) is 0 Å². The van der Waals surface area contributed by atoms with Gasteiger partial charge in [0.05, 0.1) is 12.5 Å². The summed E-state index contributed by atoms with van der Waals surface area (Å²) in [5.74, 6) is 0.0163. The van der Waals surface area contributed by atoms with E-state index < -0.39 is 0 Å². The summed E-state index contributed by atoms with van der Waals surface area (Å²) in [5, 5.41) is 8.96. The van der Waals surface area contributed by atoms with Crippen LogP contribution in [0.15, 0.2) is 28.7 Å². The summed E-state index contributed by atoms with van der Waals surface area (Å²) >= 11 is 3.41. The number of carbonyl (C=O) groups is 1. The van der Waals surface area contributed by atoms with E-state index in [0.717, 1.165) is 10.2 Å². The van der Waals surface area contributed by atoms with Gasteiger partial charge >= 0.3 is 0 Å². The first-order chi connectivity index (χ1) is 9.04. The molecule has 4 nitrogen and oxygen atoms in total. The largest absolute Gasteiger partial charge is 0.354 e. The number of halogens is 1. The highest BCUT2D eigenvalue weighted by Gasteiger charge is 2.37. The maximum atomic E-state index is 12.2. The zero-order chi connectivity index (χ0) is 14.0. The monoisotopic (exact) mass is 321 g/mol. The van der Waals surface area contributed by atoms with Gasteiger partial charge in [0, 0.05) is 29.8 Å². The SMILES string of the molecule is CC1CN(C)C(=O)C(CC#N)N1c1ccc(Br)cc1. The normalized spacial score (nSPS) is 23.4. The minimum atomic E-state index is -0.389. The Morgan fingerprint density at radius 3 is 2.63 bits per heavy atom. The Morgan fingerprint density at radius 2 is 2.05 bits per heavy atom. The topological polar surface area (TPSA) is 47.3 Å². The summed E-state index contributed by atoms with van der Waals surface area (Å²) in [6, 6.07) is 9.79. The van der Waals surface area contributed by atoms with Gasteiger partial charge in [0.25, 0.3) is 0 Å². The first-order valence-corrected chi connectivity index (χ1v) is 6.99. The van der Waals surface area contributed by atoms with Gasteiger partial charge in [-0.1, -0.05) is 15.9 Å². The summed E-state index contributed by atoms with van der Waals surface area (Å²) in [5.41, 5.74) is 0.984. The Morgan fingerprint density at radius 1 is 1.42 bits per heavy atom. The number of benzene rings is 1. The zero-order valence-electron chi connectivity index (χ0n) is 11.0. The third-order valence-corrected chi connectivity index (χ3v) is 3.95. The number of carbonyl (C=O) groups excluding carboxylic acids is 1. The van der Waals surface area contributed by atoms with Gasteiger partial charge in [0.2, 0.25) is 5.91 Å². The summed E-state index contributed by atoms with van der Waals surface area (Å²) in [6.45, 7) is 2.76. The van der Waals surface area contributed by atoms with Gasteiger partial charge in [0.1, 0.15) is 6.04 Å². The average molecular weight is 322 g/mol. The summed E-state index contributed by atoms with van der Waals surface area (Å²) in [4.78, 5) is 16.0. The number of nitrogens with zero attached hydrogens (tertiary/aromatic N) is 3. The van der Waals surface area contributed by atoms with Gasteiger partial charge in [-0.05, 0) is 31.2 Å². The van der Waals surface area contributed by atoms with E-state index in [1.54, 1.807) is 11.9 Å². The van der Waals surface area contributed by atoms with E-state index in [9.17, 15) is 4.79 Å². The molecule has 100 valence electrons. The van der Waals surface area contributed by atoms with Crippen molar-refractivity contribution >= 4 is 27.5 Å². The van der Waals surface area contributed by atoms with Crippen molar-refractivity contribution in [1.29, 1.82) is 5.26 Å². The smallest absolute Gasteiger partial charge is 0.246 e. The van der Waals surface area contributed by atoms with Crippen molar-refractivity contribution in [2.45, 2.75) is 25.4 Å². The van der Waals surface area contributed by atoms with Gasteiger partial charge in [-0.25, -0.2) is 0 Å². The Hall–Kier alpha value is -1.54. The molecule has 0 saturated carbocycles. The quantitative estimate of drug-likeness (QED) is 0.840. The molecule has 2 unspecified atom stereocenters. The summed E-state index contributed by atoms with van der Waals surface area (Å²) in [6.07, 6.45) is 0.212. The van der Waals surface area contributed by atoms with Crippen LogP contribution in [0.2, 0.25) is 0 Å². The van der Waals surface area contributed by atoms with Gasteiger partial charge < -0.3 is 9.80 Å². The predicted molar refractivity (Wildman–Crippen MR) is 77.7 cm³/mol. The van der Waals surface area contributed by atoms with Gasteiger partial charge in [-0.15, -0.1) is 0 Å². The first kappa shape index (κ1) is 13.9. The van der Waals surface area contributed by atoms with E-state index in [-0.39, 0.29) is 24.4 Å². The number of piperazine rings is 1.